The number of carbonyl (C=O) groups excluding carboxylic acids is 1. The number of fused-ring (bicyclic) bond motifs is 3. The number of nitrogens with zero attached hydrogens (tertiary/aromatic N) is 1. The summed E-state index contributed by atoms with van der Waals surface area (Å²) in [6.45, 7) is 0.746. The zero-order chi connectivity index (χ0) is 19.5. The Morgan fingerprint density at radius 2 is 2.11 bits per heavy atom. The van der Waals surface area contributed by atoms with Gasteiger partial charge in [0.05, 0.1) is 26.1 Å². The van der Waals surface area contributed by atoms with E-state index in [0.717, 1.165) is 17.6 Å². The number of hydrazone groups is 1. The fraction of sp³-hybridized carbons (Fsp3) is 0.238. The number of amides is 1. The Bertz CT molecular complexity index is 1040. The van der Waals surface area contributed by atoms with Gasteiger partial charge in [-0.25, -0.2) is 5.43 Å². The lowest BCUT2D eigenvalue weighted by Gasteiger charge is -2.19. The molecule has 0 aliphatic carbocycles. The standard InChI is InChI=1S/C21H22N4O3/c1-27-14-7-8-20(28-2)13(9-14)11-23-25-21(26)18-10-16-15-5-3-4-6-17(15)24-19(16)12-22-18/h3-9,11,18,22,24H,10,12H2,1-2H3,(H,25,26)/p+1/b23-11-/t18-/m0/s1. The molecule has 1 atom stereocenters. The van der Waals surface area contributed by atoms with Crippen molar-refractivity contribution in [3.63, 3.8) is 0 Å². The number of aromatic nitrogens is 1. The fourth-order valence-electron chi connectivity index (χ4n) is 3.61. The van der Waals surface area contributed by atoms with Gasteiger partial charge in [-0.1, -0.05) is 18.2 Å². The molecule has 1 aliphatic rings. The number of nitrogens with one attached hydrogen (secondary N) is 2. The number of rotatable bonds is 5. The Hall–Kier alpha value is -3.32. The maximum absolute atomic E-state index is 12.6. The normalized spacial score (nSPS) is 16.1. The van der Waals surface area contributed by atoms with Crippen molar-refractivity contribution in [3.8, 4) is 11.5 Å². The number of methoxy groups -OCH3 is 2. The quantitative estimate of drug-likeness (QED) is 0.461. The highest BCUT2D eigenvalue weighted by Gasteiger charge is 2.30. The molecule has 4 N–H and O–H groups in total. The van der Waals surface area contributed by atoms with Gasteiger partial charge < -0.3 is 19.8 Å². The van der Waals surface area contributed by atoms with Crippen LogP contribution in [0.3, 0.4) is 0 Å². The van der Waals surface area contributed by atoms with Crippen LogP contribution < -0.4 is 20.2 Å². The van der Waals surface area contributed by atoms with E-state index in [-0.39, 0.29) is 11.9 Å². The van der Waals surface area contributed by atoms with Crippen LogP contribution in [0.5, 0.6) is 11.5 Å². The van der Waals surface area contributed by atoms with Gasteiger partial charge in [0.2, 0.25) is 0 Å². The maximum Gasteiger partial charge on any atom is 0.298 e. The summed E-state index contributed by atoms with van der Waals surface area (Å²) in [6.07, 6.45) is 2.24. The first-order valence-corrected chi connectivity index (χ1v) is 9.16. The van der Waals surface area contributed by atoms with E-state index < -0.39 is 0 Å². The van der Waals surface area contributed by atoms with Gasteiger partial charge in [-0.05, 0) is 29.8 Å². The van der Waals surface area contributed by atoms with E-state index in [1.807, 2.05) is 23.5 Å². The predicted molar refractivity (Wildman–Crippen MR) is 107 cm³/mol. The van der Waals surface area contributed by atoms with Gasteiger partial charge in [0.25, 0.3) is 5.91 Å². The van der Waals surface area contributed by atoms with E-state index in [1.165, 1.54) is 16.6 Å². The summed E-state index contributed by atoms with van der Waals surface area (Å²) in [5, 5.41) is 7.34. The second-order valence-electron chi connectivity index (χ2n) is 6.72. The van der Waals surface area contributed by atoms with Crippen molar-refractivity contribution in [2.24, 2.45) is 5.10 Å². The van der Waals surface area contributed by atoms with Crippen LogP contribution in [0, 0.1) is 0 Å². The highest BCUT2D eigenvalue weighted by Crippen LogP contribution is 2.25. The highest BCUT2D eigenvalue weighted by atomic mass is 16.5. The molecule has 0 saturated heterocycles. The average Bonchev–Trinajstić information content (AvgIpc) is 3.11. The van der Waals surface area contributed by atoms with Gasteiger partial charge in [-0.3, -0.25) is 4.79 Å². The van der Waals surface area contributed by atoms with Crippen molar-refractivity contribution >= 4 is 23.0 Å². The second-order valence-corrected chi connectivity index (χ2v) is 6.72. The Morgan fingerprint density at radius 3 is 2.93 bits per heavy atom. The summed E-state index contributed by atoms with van der Waals surface area (Å²) in [5.41, 5.74) is 6.91. The molecule has 144 valence electrons. The zero-order valence-electron chi connectivity index (χ0n) is 15.9. The Morgan fingerprint density at radius 1 is 1.25 bits per heavy atom. The molecule has 0 spiro atoms. The molecule has 7 heteroatoms. The number of nitrogens with two attached hydrogens (primary N) is 1. The smallest absolute Gasteiger partial charge is 0.298 e. The monoisotopic (exact) mass is 379 g/mol. The molecule has 3 aromatic rings. The third-order valence-electron chi connectivity index (χ3n) is 5.08. The summed E-state index contributed by atoms with van der Waals surface area (Å²) in [6, 6.07) is 13.4. The first kappa shape index (κ1) is 18.1. The summed E-state index contributed by atoms with van der Waals surface area (Å²) in [5.74, 6) is 1.24. The second kappa shape index (κ2) is 7.74. The molecule has 0 fully saturated rings. The predicted octanol–water partition coefficient (Wildman–Crippen LogP) is 1.32. The number of quaternary nitrogens is 1. The minimum absolute atomic E-state index is 0.117. The molecule has 4 rings (SSSR count). The molecule has 0 saturated carbocycles. The lowest BCUT2D eigenvalue weighted by Crippen LogP contribution is -2.93. The Labute approximate surface area is 162 Å². The molecule has 2 heterocycles. The number of carbonyl (C=O) groups is 1. The van der Waals surface area contributed by atoms with E-state index in [9.17, 15) is 4.79 Å². The van der Waals surface area contributed by atoms with Gasteiger partial charge in [0.15, 0.2) is 6.04 Å². The number of ether oxygens (including phenoxy) is 2. The van der Waals surface area contributed by atoms with Crippen LogP contribution in [0.2, 0.25) is 0 Å². The number of benzene rings is 2. The third-order valence-corrected chi connectivity index (χ3v) is 5.08. The number of aromatic amines is 1. The molecular formula is C21H23N4O3+. The largest absolute Gasteiger partial charge is 0.497 e. The van der Waals surface area contributed by atoms with Gasteiger partial charge >= 0.3 is 0 Å². The molecule has 0 radical (unpaired) electrons. The number of para-hydroxylation sites is 1. The Balaban J connectivity index is 1.46. The topological polar surface area (TPSA) is 92.3 Å². The van der Waals surface area contributed by atoms with Crippen molar-refractivity contribution in [2.75, 3.05) is 14.2 Å². The van der Waals surface area contributed by atoms with Crippen LogP contribution in [0.4, 0.5) is 0 Å². The molecule has 1 aromatic heterocycles. The summed E-state index contributed by atoms with van der Waals surface area (Å²) in [4.78, 5) is 16.1. The average molecular weight is 379 g/mol. The first-order chi connectivity index (χ1) is 13.7. The third kappa shape index (κ3) is 3.44. The van der Waals surface area contributed by atoms with Crippen molar-refractivity contribution in [3.05, 3.63) is 59.3 Å². The molecule has 1 aliphatic heterocycles. The molecule has 7 nitrogen and oxygen atoms in total. The SMILES string of the molecule is COc1ccc(OC)c(/C=N\NC(=O)[C@@H]2Cc3c([nH]c4ccccc34)C[NH2+]2)c1. The highest BCUT2D eigenvalue weighted by molar-refractivity contribution is 5.88. The van der Waals surface area contributed by atoms with Crippen molar-refractivity contribution in [1.29, 1.82) is 0 Å². The lowest BCUT2D eigenvalue weighted by molar-refractivity contribution is -0.695. The van der Waals surface area contributed by atoms with Gasteiger partial charge in [-0.15, -0.1) is 0 Å². The summed E-state index contributed by atoms with van der Waals surface area (Å²) >= 11 is 0. The van der Waals surface area contributed by atoms with E-state index in [4.69, 9.17) is 9.47 Å². The summed E-state index contributed by atoms with van der Waals surface area (Å²) in [7, 11) is 3.19. The number of hydrogen-bond donors (Lipinski definition) is 3. The van der Waals surface area contributed by atoms with Crippen molar-refractivity contribution < 1.29 is 19.6 Å². The van der Waals surface area contributed by atoms with Crippen LogP contribution in [0.1, 0.15) is 16.8 Å². The molecule has 0 bridgehead atoms. The van der Waals surface area contributed by atoms with Crippen molar-refractivity contribution in [2.45, 2.75) is 19.0 Å². The maximum atomic E-state index is 12.6. The molecule has 2 aromatic carbocycles. The van der Waals surface area contributed by atoms with E-state index >= 15 is 0 Å². The van der Waals surface area contributed by atoms with Gasteiger partial charge in [0, 0.05) is 22.9 Å². The number of H-pyrrole nitrogens is 1. The van der Waals surface area contributed by atoms with Gasteiger partial charge in [-0.2, -0.15) is 5.10 Å². The molecule has 0 unspecified atom stereocenters. The van der Waals surface area contributed by atoms with E-state index in [2.05, 4.69) is 27.6 Å². The van der Waals surface area contributed by atoms with Crippen LogP contribution in [0.15, 0.2) is 47.6 Å². The number of hydrogen-bond acceptors (Lipinski definition) is 4. The van der Waals surface area contributed by atoms with Crippen LogP contribution >= 0.6 is 0 Å². The van der Waals surface area contributed by atoms with Crippen LogP contribution in [0.25, 0.3) is 10.9 Å². The molecule has 28 heavy (non-hydrogen) atoms. The summed E-state index contributed by atoms with van der Waals surface area (Å²) < 4.78 is 10.5. The van der Waals surface area contributed by atoms with Gasteiger partial charge in [0.1, 0.15) is 18.0 Å². The first-order valence-electron chi connectivity index (χ1n) is 9.16. The van der Waals surface area contributed by atoms with Crippen LogP contribution in [-0.2, 0) is 17.8 Å². The minimum atomic E-state index is -0.212. The fourth-order valence-corrected chi connectivity index (χ4v) is 3.61. The molecular weight excluding hydrogens is 356 g/mol. The zero-order valence-corrected chi connectivity index (χ0v) is 15.9. The van der Waals surface area contributed by atoms with Crippen molar-refractivity contribution in [1.82, 2.24) is 10.4 Å². The van der Waals surface area contributed by atoms with Crippen LogP contribution in [-0.4, -0.2) is 37.4 Å². The van der Waals surface area contributed by atoms with E-state index in [1.54, 1.807) is 32.6 Å². The lowest BCUT2D eigenvalue weighted by atomic mass is 9.98. The minimum Gasteiger partial charge on any atom is -0.497 e. The Kier molecular flexibility index (Phi) is 4.99. The molecule has 1 amide bonds. The van der Waals surface area contributed by atoms with E-state index in [0.29, 0.717) is 17.9 Å².